The van der Waals surface area contributed by atoms with E-state index in [1.807, 2.05) is 0 Å². The molecule has 21 heavy (non-hydrogen) atoms. The van der Waals surface area contributed by atoms with Crippen molar-refractivity contribution in [3.8, 4) is 0 Å². The van der Waals surface area contributed by atoms with Crippen LogP contribution in [0.2, 0.25) is 0 Å². The number of allylic oxidation sites excluding steroid dienone is 8. The number of unbranched alkanes of at least 4 members (excludes halogenated alkanes) is 2. The molecule has 0 fully saturated rings. The van der Waals surface area contributed by atoms with E-state index in [1.54, 1.807) is 0 Å². The number of rotatable bonds is 6. The summed E-state index contributed by atoms with van der Waals surface area (Å²) in [5.41, 5.74) is 2.97. The van der Waals surface area contributed by atoms with E-state index in [9.17, 15) is 0 Å². The molecule has 0 aromatic carbocycles. The summed E-state index contributed by atoms with van der Waals surface area (Å²) in [5, 5.41) is 0. The SMILES string of the molecule is CCCCC1=CC[C-]=C1.CCCCC1=CC[C-]=C1.[Cl-].[Cl-].[Ti+4]. The van der Waals surface area contributed by atoms with Crippen LogP contribution in [0.15, 0.2) is 35.5 Å². The third kappa shape index (κ3) is 13.6. The largest absolute Gasteiger partial charge is 4.00 e. The van der Waals surface area contributed by atoms with E-state index >= 15 is 0 Å². The Morgan fingerprint density at radius 1 is 0.810 bits per heavy atom. The maximum atomic E-state index is 3.16. The first-order valence-corrected chi connectivity index (χ1v) is 7.38. The van der Waals surface area contributed by atoms with Crippen molar-refractivity contribution in [1.82, 2.24) is 0 Å². The van der Waals surface area contributed by atoms with Gasteiger partial charge in [-0.05, 0) is 0 Å². The van der Waals surface area contributed by atoms with E-state index in [1.165, 1.54) is 49.7 Å². The summed E-state index contributed by atoms with van der Waals surface area (Å²) in [6.45, 7) is 4.45. The zero-order chi connectivity index (χ0) is 13.1. The van der Waals surface area contributed by atoms with Crippen LogP contribution in [0.1, 0.15) is 65.2 Å². The Hall–Kier alpha value is 0.254. The van der Waals surface area contributed by atoms with Crippen molar-refractivity contribution in [2.24, 2.45) is 0 Å². The zero-order valence-electron chi connectivity index (χ0n) is 13.2. The average Bonchev–Trinajstić information content (AvgIpc) is 3.07. The Balaban J connectivity index is -0.000000270. The smallest absolute Gasteiger partial charge is 1.00 e. The number of halogens is 2. The van der Waals surface area contributed by atoms with Crippen LogP contribution in [0.4, 0.5) is 0 Å². The second kappa shape index (κ2) is 18.3. The van der Waals surface area contributed by atoms with Crippen molar-refractivity contribution in [2.75, 3.05) is 0 Å². The second-order valence-corrected chi connectivity index (χ2v) is 4.87. The minimum absolute atomic E-state index is 0. The van der Waals surface area contributed by atoms with Crippen LogP contribution in [0.3, 0.4) is 0 Å². The maximum absolute atomic E-state index is 3.16. The van der Waals surface area contributed by atoms with E-state index in [-0.39, 0.29) is 46.5 Å². The van der Waals surface area contributed by atoms with Gasteiger partial charge >= 0.3 is 21.7 Å². The molecule has 0 N–H and O–H groups in total. The summed E-state index contributed by atoms with van der Waals surface area (Å²) in [6, 6.07) is 0. The second-order valence-electron chi connectivity index (χ2n) is 4.87. The number of hydrogen-bond donors (Lipinski definition) is 0. The first kappa shape index (κ1) is 26.2. The van der Waals surface area contributed by atoms with Crippen LogP contribution < -0.4 is 24.8 Å². The molecule has 0 spiro atoms. The molecule has 3 heteroatoms. The molecule has 2 rings (SSSR count). The summed E-state index contributed by atoms with van der Waals surface area (Å²) in [4.78, 5) is 0. The topological polar surface area (TPSA) is 0 Å². The third-order valence-corrected chi connectivity index (χ3v) is 3.18. The first-order chi connectivity index (χ1) is 8.86. The monoisotopic (exact) mass is 360 g/mol. The quantitative estimate of drug-likeness (QED) is 0.452. The van der Waals surface area contributed by atoms with Gasteiger partial charge in [-0.25, -0.2) is 23.3 Å². The Morgan fingerprint density at radius 3 is 1.43 bits per heavy atom. The van der Waals surface area contributed by atoms with Crippen molar-refractivity contribution in [1.29, 1.82) is 0 Å². The van der Waals surface area contributed by atoms with Crippen LogP contribution in [0.25, 0.3) is 0 Å². The Bertz CT molecular complexity index is 307. The van der Waals surface area contributed by atoms with Gasteiger partial charge in [0.2, 0.25) is 0 Å². The van der Waals surface area contributed by atoms with Gasteiger partial charge < -0.3 is 24.8 Å². The van der Waals surface area contributed by atoms with Crippen molar-refractivity contribution in [2.45, 2.75) is 65.2 Å². The third-order valence-electron chi connectivity index (χ3n) is 3.18. The Kier molecular flexibility index (Phi) is 22.8. The Morgan fingerprint density at radius 2 is 1.19 bits per heavy atom. The predicted molar refractivity (Wildman–Crippen MR) is 80.1 cm³/mol. The van der Waals surface area contributed by atoms with Crippen molar-refractivity contribution in [3.05, 3.63) is 47.6 Å². The summed E-state index contributed by atoms with van der Waals surface area (Å²) < 4.78 is 0. The fourth-order valence-corrected chi connectivity index (χ4v) is 1.99. The van der Waals surface area contributed by atoms with Crippen molar-refractivity contribution in [3.63, 3.8) is 0 Å². The van der Waals surface area contributed by atoms with Crippen LogP contribution in [0, 0.1) is 12.2 Å². The molecule has 2 aliphatic carbocycles. The molecule has 0 atom stereocenters. The van der Waals surface area contributed by atoms with E-state index < -0.39 is 0 Å². The minimum atomic E-state index is 0. The van der Waals surface area contributed by atoms with E-state index in [4.69, 9.17) is 0 Å². The summed E-state index contributed by atoms with van der Waals surface area (Å²) in [6.07, 6.45) is 24.9. The number of hydrogen-bond acceptors (Lipinski definition) is 0. The maximum Gasteiger partial charge on any atom is 4.00 e. The van der Waals surface area contributed by atoms with Gasteiger partial charge in [-0.2, -0.15) is 12.2 Å². The normalized spacial score (nSPS) is 14.0. The molecule has 0 saturated heterocycles. The fraction of sp³-hybridized carbons (Fsp3) is 0.556. The molecular weight excluding hydrogens is 335 g/mol. The summed E-state index contributed by atoms with van der Waals surface area (Å²) in [5.74, 6) is 0. The molecule has 116 valence electrons. The van der Waals surface area contributed by atoms with Gasteiger partial charge in [0.05, 0.1) is 0 Å². The van der Waals surface area contributed by atoms with Gasteiger partial charge in [-0.3, -0.25) is 12.2 Å². The van der Waals surface area contributed by atoms with Gasteiger partial charge in [0.1, 0.15) is 0 Å². The molecule has 0 heterocycles. The summed E-state index contributed by atoms with van der Waals surface area (Å²) >= 11 is 0. The average molecular weight is 361 g/mol. The predicted octanol–water partition coefficient (Wildman–Crippen LogP) is -0.262. The van der Waals surface area contributed by atoms with E-state index in [2.05, 4.69) is 50.3 Å². The minimum Gasteiger partial charge on any atom is -1.00 e. The molecule has 0 unspecified atom stereocenters. The first-order valence-electron chi connectivity index (χ1n) is 7.38. The van der Waals surface area contributed by atoms with Gasteiger partial charge in [-0.1, -0.05) is 52.4 Å². The fourth-order valence-electron chi connectivity index (χ4n) is 1.99. The van der Waals surface area contributed by atoms with Gasteiger partial charge in [0.15, 0.2) is 0 Å². The molecule has 0 saturated carbocycles. The van der Waals surface area contributed by atoms with Crippen molar-refractivity contribution >= 4 is 0 Å². The van der Waals surface area contributed by atoms with Crippen molar-refractivity contribution < 1.29 is 46.5 Å². The Labute approximate surface area is 158 Å². The molecule has 0 aliphatic heterocycles. The van der Waals surface area contributed by atoms with E-state index in [0.29, 0.717) is 0 Å². The van der Waals surface area contributed by atoms with Crippen LogP contribution in [-0.4, -0.2) is 0 Å². The van der Waals surface area contributed by atoms with Gasteiger partial charge in [0.25, 0.3) is 0 Å². The molecule has 0 nitrogen and oxygen atoms in total. The molecule has 0 amide bonds. The molecule has 2 aliphatic rings. The standard InChI is InChI=1S/2C9H13.2ClH.Ti/c2*1-2-3-6-9-7-4-5-8-9;;;/h2*7-8H,2-4,6H2,1H3;2*1H;/q2*-1;;;+4/p-2. The molecule has 0 radical (unpaired) electrons. The van der Waals surface area contributed by atoms with E-state index in [0.717, 1.165) is 12.8 Å². The van der Waals surface area contributed by atoms with Gasteiger partial charge in [0, 0.05) is 0 Å². The summed E-state index contributed by atoms with van der Waals surface area (Å²) in [7, 11) is 0. The molecular formula is C18H26Cl2Ti. The molecule has 0 aromatic heterocycles. The zero-order valence-corrected chi connectivity index (χ0v) is 16.3. The molecule has 0 bridgehead atoms. The van der Waals surface area contributed by atoms with Crippen LogP contribution in [-0.2, 0) is 21.7 Å². The molecule has 0 aromatic rings. The van der Waals surface area contributed by atoms with Crippen LogP contribution >= 0.6 is 0 Å². The van der Waals surface area contributed by atoms with Gasteiger partial charge in [-0.15, -0.1) is 12.8 Å². The van der Waals surface area contributed by atoms with Crippen LogP contribution in [0.5, 0.6) is 0 Å².